The van der Waals surface area contributed by atoms with Crippen molar-refractivity contribution >= 4 is 5.91 Å². The molecule has 0 bridgehead atoms. The maximum absolute atomic E-state index is 12.9. The first-order valence-electron chi connectivity index (χ1n) is 9.33. The lowest BCUT2D eigenvalue weighted by atomic mass is 9.98. The van der Waals surface area contributed by atoms with Gasteiger partial charge in [0.1, 0.15) is 5.75 Å². The number of ether oxygens (including phenoxy) is 2. The minimum Gasteiger partial charge on any atom is -0.493 e. The fourth-order valence-electron chi connectivity index (χ4n) is 3.67. The zero-order chi connectivity index (χ0) is 17.9. The van der Waals surface area contributed by atoms with Crippen molar-refractivity contribution in [1.82, 2.24) is 15.1 Å². The Hall–Kier alpha value is -2.34. The Morgan fingerprint density at radius 2 is 2.23 bits per heavy atom. The highest BCUT2D eigenvalue weighted by atomic mass is 16.5. The number of amides is 1. The third kappa shape index (κ3) is 3.60. The van der Waals surface area contributed by atoms with E-state index in [2.05, 4.69) is 29.3 Å². The summed E-state index contributed by atoms with van der Waals surface area (Å²) in [6.07, 6.45) is 2.87. The number of likely N-dealkylation sites (tertiary alicyclic amines) is 1. The van der Waals surface area contributed by atoms with Gasteiger partial charge < -0.3 is 14.4 Å². The molecule has 1 saturated heterocycles. The number of rotatable bonds is 4. The van der Waals surface area contributed by atoms with Crippen LogP contribution in [0.5, 0.6) is 5.75 Å². The number of nitrogens with zero attached hydrogens (tertiary/aromatic N) is 2. The summed E-state index contributed by atoms with van der Waals surface area (Å²) in [4.78, 5) is 14.9. The molecule has 1 aromatic carbocycles. The average molecular weight is 355 g/mol. The second-order valence-corrected chi connectivity index (χ2v) is 7.22. The van der Waals surface area contributed by atoms with Crippen LogP contribution < -0.4 is 4.74 Å². The summed E-state index contributed by atoms with van der Waals surface area (Å²) >= 11 is 0. The third-order valence-corrected chi connectivity index (χ3v) is 5.21. The van der Waals surface area contributed by atoms with Crippen molar-refractivity contribution in [2.75, 3.05) is 26.3 Å². The molecule has 1 fully saturated rings. The van der Waals surface area contributed by atoms with Crippen molar-refractivity contribution in [3.05, 3.63) is 46.8 Å². The van der Waals surface area contributed by atoms with Crippen molar-refractivity contribution < 1.29 is 14.3 Å². The lowest BCUT2D eigenvalue weighted by Gasteiger charge is -2.32. The minimum absolute atomic E-state index is 0.00744. The Morgan fingerprint density at radius 3 is 3.08 bits per heavy atom. The molecular weight excluding hydrogens is 330 g/mol. The van der Waals surface area contributed by atoms with Crippen LogP contribution >= 0.6 is 0 Å². The van der Waals surface area contributed by atoms with Gasteiger partial charge in [-0.1, -0.05) is 17.7 Å². The number of hydrogen-bond donors (Lipinski definition) is 1. The van der Waals surface area contributed by atoms with E-state index in [9.17, 15) is 4.79 Å². The molecule has 6 nitrogen and oxygen atoms in total. The maximum atomic E-state index is 12.9. The predicted molar refractivity (Wildman–Crippen MR) is 97.2 cm³/mol. The molecule has 0 spiro atoms. The standard InChI is InChI=1S/C20H25N3O3/c1-14-4-6-16(7-5-14)26-12-15-3-2-9-23(11-15)20(24)19-17-13-25-10-8-18(17)21-22-19/h4-7,15H,2-3,8-13H2,1H3,(H,21,22). The Bertz CT molecular complexity index is 769. The van der Waals surface area contributed by atoms with Gasteiger partial charge in [-0.25, -0.2) is 0 Å². The van der Waals surface area contributed by atoms with E-state index < -0.39 is 0 Å². The summed E-state index contributed by atoms with van der Waals surface area (Å²) < 4.78 is 11.4. The van der Waals surface area contributed by atoms with Crippen molar-refractivity contribution in [2.45, 2.75) is 32.8 Å². The molecule has 1 N–H and O–H groups in total. The smallest absolute Gasteiger partial charge is 0.274 e. The highest BCUT2D eigenvalue weighted by Gasteiger charge is 2.29. The SMILES string of the molecule is Cc1ccc(OCC2CCCN(C(=O)c3n[nH]c4c3COCC4)C2)cc1. The topological polar surface area (TPSA) is 67.5 Å². The van der Waals surface area contributed by atoms with E-state index in [0.717, 1.165) is 42.8 Å². The van der Waals surface area contributed by atoms with Crippen LogP contribution in [0, 0.1) is 12.8 Å². The van der Waals surface area contributed by atoms with Gasteiger partial charge in [-0.2, -0.15) is 5.10 Å². The number of H-pyrrole nitrogens is 1. The number of benzene rings is 1. The second-order valence-electron chi connectivity index (χ2n) is 7.22. The number of fused-ring (bicyclic) bond motifs is 1. The number of nitrogens with one attached hydrogen (secondary N) is 1. The van der Waals surface area contributed by atoms with Crippen molar-refractivity contribution in [3.63, 3.8) is 0 Å². The first kappa shape index (κ1) is 17.1. The van der Waals surface area contributed by atoms with Crippen LogP contribution in [-0.2, 0) is 17.8 Å². The summed E-state index contributed by atoms with van der Waals surface area (Å²) in [6, 6.07) is 8.10. The van der Waals surface area contributed by atoms with Crippen LogP contribution in [0.25, 0.3) is 0 Å². The number of aromatic amines is 1. The van der Waals surface area contributed by atoms with Gasteiger partial charge >= 0.3 is 0 Å². The molecule has 1 atom stereocenters. The second kappa shape index (κ2) is 7.50. The van der Waals surface area contributed by atoms with Crippen LogP contribution in [0.2, 0.25) is 0 Å². The van der Waals surface area contributed by atoms with E-state index in [4.69, 9.17) is 9.47 Å². The molecule has 3 heterocycles. The van der Waals surface area contributed by atoms with Gasteiger partial charge in [-0.15, -0.1) is 0 Å². The van der Waals surface area contributed by atoms with Crippen molar-refractivity contribution in [2.24, 2.45) is 5.92 Å². The molecular formula is C20H25N3O3. The third-order valence-electron chi connectivity index (χ3n) is 5.21. The fourth-order valence-corrected chi connectivity index (χ4v) is 3.67. The number of carbonyl (C=O) groups is 1. The Morgan fingerprint density at radius 1 is 1.38 bits per heavy atom. The largest absolute Gasteiger partial charge is 0.493 e. The van der Waals surface area contributed by atoms with Crippen LogP contribution in [0.1, 0.15) is 40.2 Å². The van der Waals surface area contributed by atoms with Gasteiger partial charge in [-0.05, 0) is 31.9 Å². The summed E-state index contributed by atoms with van der Waals surface area (Å²) in [6.45, 7) is 5.35. The summed E-state index contributed by atoms with van der Waals surface area (Å²) in [7, 11) is 0. The Kier molecular flexibility index (Phi) is 4.93. The molecule has 0 aliphatic carbocycles. The lowest BCUT2D eigenvalue weighted by Crippen LogP contribution is -2.42. The molecule has 2 aromatic rings. The maximum Gasteiger partial charge on any atom is 0.274 e. The highest BCUT2D eigenvalue weighted by molar-refractivity contribution is 5.94. The average Bonchev–Trinajstić information content (AvgIpc) is 3.11. The zero-order valence-electron chi connectivity index (χ0n) is 15.2. The van der Waals surface area contributed by atoms with E-state index in [1.54, 1.807) is 0 Å². The molecule has 2 aliphatic rings. The zero-order valence-corrected chi connectivity index (χ0v) is 15.2. The number of piperidine rings is 1. The van der Waals surface area contributed by atoms with E-state index in [1.807, 2.05) is 17.0 Å². The molecule has 1 amide bonds. The van der Waals surface area contributed by atoms with Crippen LogP contribution in [0.3, 0.4) is 0 Å². The number of carbonyl (C=O) groups excluding carboxylic acids is 1. The molecule has 26 heavy (non-hydrogen) atoms. The molecule has 2 aliphatic heterocycles. The highest BCUT2D eigenvalue weighted by Crippen LogP contribution is 2.23. The molecule has 1 unspecified atom stereocenters. The Labute approximate surface area is 153 Å². The lowest BCUT2D eigenvalue weighted by molar-refractivity contribution is 0.0617. The Balaban J connectivity index is 1.38. The fraction of sp³-hybridized carbons (Fsp3) is 0.500. The van der Waals surface area contributed by atoms with E-state index in [0.29, 0.717) is 38.0 Å². The monoisotopic (exact) mass is 355 g/mol. The minimum atomic E-state index is 0.00744. The quantitative estimate of drug-likeness (QED) is 0.916. The number of aryl methyl sites for hydroxylation is 1. The van der Waals surface area contributed by atoms with Crippen LogP contribution in [0.4, 0.5) is 0 Å². The van der Waals surface area contributed by atoms with E-state index in [-0.39, 0.29) is 5.91 Å². The van der Waals surface area contributed by atoms with Crippen LogP contribution in [-0.4, -0.2) is 47.3 Å². The number of hydrogen-bond acceptors (Lipinski definition) is 4. The summed E-state index contributed by atoms with van der Waals surface area (Å²) in [5.41, 5.74) is 3.72. The van der Waals surface area contributed by atoms with Gasteiger partial charge in [-0.3, -0.25) is 9.89 Å². The molecule has 0 radical (unpaired) electrons. The van der Waals surface area contributed by atoms with Gasteiger partial charge in [0.05, 0.1) is 19.8 Å². The van der Waals surface area contributed by atoms with Gasteiger partial charge in [0.15, 0.2) is 5.69 Å². The van der Waals surface area contributed by atoms with Crippen molar-refractivity contribution in [1.29, 1.82) is 0 Å². The molecule has 4 rings (SSSR count). The normalized spacial score (nSPS) is 19.9. The van der Waals surface area contributed by atoms with Gasteiger partial charge in [0.25, 0.3) is 5.91 Å². The first-order chi connectivity index (χ1) is 12.7. The molecule has 6 heteroatoms. The van der Waals surface area contributed by atoms with Crippen molar-refractivity contribution in [3.8, 4) is 5.75 Å². The summed E-state index contributed by atoms with van der Waals surface area (Å²) in [5, 5.41) is 7.28. The van der Waals surface area contributed by atoms with E-state index >= 15 is 0 Å². The molecule has 138 valence electrons. The van der Waals surface area contributed by atoms with Gasteiger partial charge in [0, 0.05) is 36.7 Å². The summed E-state index contributed by atoms with van der Waals surface area (Å²) in [5.74, 6) is 1.24. The first-order valence-corrected chi connectivity index (χ1v) is 9.33. The van der Waals surface area contributed by atoms with Crippen LogP contribution in [0.15, 0.2) is 24.3 Å². The van der Waals surface area contributed by atoms with E-state index in [1.165, 1.54) is 5.56 Å². The van der Waals surface area contributed by atoms with Gasteiger partial charge in [0.2, 0.25) is 0 Å². The predicted octanol–water partition coefficient (Wildman–Crippen LogP) is 2.72. The number of aromatic nitrogens is 2. The molecule has 1 aromatic heterocycles. The molecule has 0 saturated carbocycles.